The Morgan fingerprint density at radius 3 is 2.76 bits per heavy atom. The van der Waals surface area contributed by atoms with Gasteiger partial charge in [-0.3, -0.25) is 4.79 Å². The zero-order valence-corrected chi connectivity index (χ0v) is 9.67. The molecular formula is C12H16F2N2O. The molecule has 0 atom stereocenters. The molecule has 3 nitrogen and oxygen atoms in total. The average Bonchev–Trinajstić information content (AvgIpc) is 2.28. The van der Waals surface area contributed by atoms with E-state index in [1.54, 1.807) is 12.1 Å². The van der Waals surface area contributed by atoms with Gasteiger partial charge in [-0.05, 0) is 11.6 Å². The second kappa shape index (κ2) is 6.96. The van der Waals surface area contributed by atoms with Gasteiger partial charge in [0.1, 0.15) is 0 Å². The normalized spacial score (nSPS) is 10.6. The topological polar surface area (TPSA) is 41.1 Å². The van der Waals surface area contributed by atoms with E-state index in [1.165, 1.54) is 19.1 Å². The smallest absolute Gasteiger partial charge is 0.263 e. The highest BCUT2D eigenvalue weighted by Gasteiger charge is 2.06. The van der Waals surface area contributed by atoms with Crippen LogP contribution in [0, 0.1) is 0 Å². The molecule has 1 aromatic rings. The Kier molecular flexibility index (Phi) is 5.56. The van der Waals surface area contributed by atoms with Crippen molar-refractivity contribution in [2.24, 2.45) is 0 Å². The van der Waals surface area contributed by atoms with E-state index in [1.807, 2.05) is 0 Å². The molecule has 0 saturated heterocycles. The molecule has 94 valence electrons. The van der Waals surface area contributed by atoms with Gasteiger partial charge < -0.3 is 10.6 Å². The van der Waals surface area contributed by atoms with E-state index in [4.69, 9.17) is 0 Å². The Morgan fingerprint density at radius 1 is 1.35 bits per heavy atom. The van der Waals surface area contributed by atoms with Crippen LogP contribution >= 0.6 is 0 Å². The lowest BCUT2D eigenvalue weighted by atomic mass is 10.1. The number of alkyl halides is 2. The molecule has 0 aromatic heterocycles. The average molecular weight is 242 g/mol. The van der Waals surface area contributed by atoms with Crippen molar-refractivity contribution < 1.29 is 13.6 Å². The fraction of sp³-hybridized carbons (Fsp3) is 0.417. The summed E-state index contributed by atoms with van der Waals surface area (Å²) in [5.74, 6) is -0.0773. The molecule has 17 heavy (non-hydrogen) atoms. The summed E-state index contributed by atoms with van der Waals surface area (Å²) in [4.78, 5) is 10.6. The van der Waals surface area contributed by atoms with Crippen molar-refractivity contribution in [2.45, 2.75) is 19.9 Å². The second-order valence-corrected chi connectivity index (χ2v) is 3.71. The molecule has 0 aliphatic carbocycles. The van der Waals surface area contributed by atoms with Gasteiger partial charge in [-0.2, -0.15) is 0 Å². The summed E-state index contributed by atoms with van der Waals surface area (Å²) in [7, 11) is 0. The van der Waals surface area contributed by atoms with Crippen molar-refractivity contribution in [1.29, 1.82) is 0 Å². The summed E-state index contributed by atoms with van der Waals surface area (Å²) in [6.07, 6.45) is -2.44. The third-order valence-electron chi connectivity index (χ3n) is 2.21. The van der Waals surface area contributed by atoms with Crippen LogP contribution in [0.4, 0.5) is 8.78 Å². The number of hydrogen-bond acceptors (Lipinski definition) is 2. The molecule has 1 aromatic carbocycles. The first-order valence-corrected chi connectivity index (χ1v) is 5.41. The maximum atomic E-state index is 12.4. The third-order valence-corrected chi connectivity index (χ3v) is 2.21. The van der Waals surface area contributed by atoms with E-state index in [0.29, 0.717) is 19.6 Å². The minimum absolute atomic E-state index is 0.0335. The van der Waals surface area contributed by atoms with Crippen LogP contribution in [0.2, 0.25) is 0 Å². The molecule has 0 saturated carbocycles. The molecule has 0 aliphatic heterocycles. The monoisotopic (exact) mass is 242 g/mol. The van der Waals surface area contributed by atoms with Gasteiger partial charge in [-0.25, -0.2) is 8.78 Å². The van der Waals surface area contributed by atoms with Crippen molar-refractivity contribution in [3.05, 3.63) is 35.4 Å². The predicted octanol–water partition coefficient (Wildman–Crippen LogP) is 1.85. The van der Waals surface area contributed by atoms with Crippen LogP contribution < -0.4 is 10.6 Å². The highest BCUT2D eigenvalue weighted by molar-refractivity contribution is 5.72. The first kappa shape index (κ1) is 13.6. The molecule has 0 heterocycles. The number of halogens is 2. The van der Waals surface area contributed by atoms with Crippen LogP contribution in [0.3, 0.4) is 0 Å². The second-order valence-electron chi connectivity index (χ2n) is 3.71. The van der Waals surface area contributed by atoms with Gasteiger partial charge in [0.05, 0.1) is 0 Å². The van der Waals surface area contributed by atoms with E-state index < -0.39 is 6.43 Å². The largest absolute Gasteiger partial charge is 0.355 e. The Bertz CT molecular complexity index is 369. The maximum Gasteiger partial charge on any atom is 0.263 e. The van der Waals surface area contributed by atoms with Crippen LogP contribution in [0.5, 0.6) is 0 Å². The maximum absolute atomic E-state index is 12.4. The van der Waals surface area contributed by atoms with Gasteiger partial charge in [-0.1, -0.05) is 18.2 Å². The molecule has 0 spiro atoms. The van der Waals surface area contributed by atoms with Gasteiger partial charge >= 0.3 is 0 Å². The summed E-state index contributed by atoms with van der Waals surface area (Å²) in [6.45, 7) is 3.11. The number of rotatable bonds is 6. The van der Waals surface area contributed by atoms with Crippen molar-refractivity contribution >= 4 is 5.91 Å². The Morgan fingerprint density at radius 2 is 2.12 bits per heavy atom. The molecule has 1 amide bonds. The van der Waals surface area contributed by atoms with E-state index in [2.05, 4.69) is 10.6 Å². The number of carbonyl (C=O) groups is 1. The molecule has 0 unspecified atom stereocenters. The summed E-state index contributed by atoms with van der Waals surface area (Å²) in [5.41, 5.74) is 0.844. The number of carbonyl (C=O) groups excluding carboxylic acids is 1. The van der Waals surface area contributed by atoms with Crippen molar-refractivity contribution in [3.8, 4) is 0 Å². The SMILES string of the molecule is CC(=O)NCCNCc1cccc(C(F)F)c1. The molecule has 1 rings (SSSR count). The standard InChI is InChI=1S/C12H16F2N2O/c1-9(17)16-6-5-15-8-10-3-2-4-11(7-10)12(13)14/h2-4,7,12,15H,5-6,8H2,1H3,(H,16,17). The molecule has 2 N–H and O–H groups in total. The van der Waals surface area contributed by atoms with Crippen LogP contribution in [0.15, 0.2) is 24.3 Å². The van der Waals surface area contributed by atoms with Crippen LogP contribution in [-0.4, -0.2) is 19.0 Å². The Balaban J connectivity index is 2.31. The Hall–Kier alpha value is -1.49. The first-order valence-electron chi connectivity index (χ1n) is 5.41. The molecule has 0 aliphatic rings. The third kappa shape index (κ3) is 5.40. The zero-order valence-electron chi connectivity index (χ0n) is 9.67. The highest BCUT2D eigenvalue weighted by Crippen LogP contribution is 2.19. The fourth-order valence-electron chi connectivity index (χ4n) is 1.40. The van der Waals surface area contributed by atoms with E-state index in [-0.39, 0.29) is 11.5 Å². The van der Waals surface area contributed by atoms with Gasteiger partial charge in [0.25, 0.3) is 6.43 Å². The quantitative estimate of drug-likeness (QED) is 0.747. The van der Waals surface area contributed by atoms with E-state index in [0.717, 1.165) is 5.56 Å². The van der Waals surface area contributed by atoms with E-state index in [9.17, 15) is 13.6 Å². The first-order chi connectivity index (χ1) is 8.09. The molecular weight excluding hydrogens is 226 g/mol. The summed E-state index contributed by atoms with van der Waals surface area (Å²) >= 11 is 0. The molecule has 0 radical (unpaired) electrons. The molecule has 5 heteroatoms. The van der Waals surface area contributed by atoms with Crippen molar-refractivity contribution in [2.75, 3.05) is 13.1 Å². The summed E-state index contributed by atoms with van der Waals surface area (Å²) in [5, 5.41) is 5.70. The van der Waals surface area contributed by atoms with Crippen molar-refractivity contribution in [3.63, 3.8) is 0 Å². The lowest BCUT2D eigenvalue weighted by Crippen LogP contribution is -2.29. The van der Waals surface area contributed by atoms with Crippen LogP contribution in [0.25, 0.3) is 0 Å². The lowest BCUT2D eigenvalue weighted by Gasteiger charge is -2.07. The Labute approximate surface area is 99.2 Å². The van der Waals surface area contributed by atoms with Crippen LogP contribution in [-0.2, 0) is 11.3 Å². The van der Waals surface area contributed by atoms with Gasteiger partial charge in [0.15, 0.2) is 0 Å². The zero-order chi connectivity index (χ0) is 12.7. The minimum atomic E-state index is -2.44. The number of amides is 1. The van der Waals surface area contributed by atoms with Gasteiger partial charge in [-0.15, -0.1) is 0 Å². The van der Waals surface area contributed by atoms with Gasteiger partial charge in [0, 0.05) is 32.1 Å². The predicted molar refractivity (Wildman–Crippen MR) is 61.8 cm³/mol. The highest BCUT2D eigenvalue weighted by atomic mass is 19.3. The van der Waals surface area contributed by atoms with Gasteiger partial charge in [0.2, 0.25) is 5.91 Å². The fourth-order valence-corrected chi connectivity index (χ4v) is 1.40. The van der Waals surface area contributed by atoms with E-state index >= 15 is 0 Å². The number of hydrogen-bond donors (Lipinski definition) is 2. The summed E-state index contributed by atoms with van der Waals surface area (Å²) < 4.78 is 24.8. The lowest BCUT2D eigenvalue weighted by molar-refractivity contribution is -0.118. The number of benzene rings is 1. The van der Waals surface area contributed by atoms with Crippen LogP contribution in [0.1, 0.15) is 24.5 Å². The van der Waals surface area contributed by atoms with Crippen molar-refractivity contribution in [1.82, 2.24) is 10.6 Å². The molecule has 0 bridgehead atoms. The summed E-state index contributed by atoms with van der Waals surface area (Å²) in [6, 6.07) is 6.30. The number of nitrogens with one attached hydrogen (secondary N) is 2. The minimum Gasteiger partial charge on any atom is -0.355 e. The molecule has 0 fully saturated rings.